The molecule has 3 nitrogen and oxygen atoms in total. The Kier molecular flexibility index (Phi) is 2.99. The Morgan fingerprint density at radius 3 is 2.56 bits per heavy atom. The van der Waals surface area contributed by atoms with Crippen LogP contribution in [-0.2, 0) is 0 Å². The minimum absolute atomic E-state index is 0.730. The Bertz CT molecular complexity index is 577. The van der Waals surface area contributed by atoms with Gasteiger partial charge in [0, 0.05) is 13.1 Å². The van der Waals surface area contributed by atoms with Crippen LogP contribution in [0, 0.1) is 11.3 Å². The molecule has 0 amide bonds. The highest BCUT2D eigenvalue weighted by molar-refractivity contribution is 7.10. The number of rotatable bonds is 2. The molecule has 0 saturated carbocycles. The Labute approximate surface area is 110 Å². The Morgan fingerprint density at radius 1 is 1.17 bits per heavy atom. The van der Waals surface area contributed by atoms with Crippen LogP contribution in [0.4, 0.5) is 5.82 Å². The molecule has 1 saturated heterocycles. The van der Waals surface area contributed by atoms with Crippen LogP contribution in [0.25, 0.3) is 10.4 Å². The smallest absolute Gasteiger partial charge is 0.160 e. The fraction of sp³-hybridized carbons (Fsp3) is 0.286. The number of hydrogen-bond acceptors (Lipinski definition) is 4. The lowest BCUT2D eigenvalue weighted by molar-refractivity contribution is 0.949. The summed E-state index contributed by atoms with van der Waals surface area (Å²) in [7, 11) is 0. The predicted molar refractivity (Wildman–Crippen MR) is 73.7 cm³/mol. The number of aromatic nitrogens is 1. The molecule has 1 aliphatic heterocycles. The molecule has 1 aromatic heterocycles. The van der Waals surface area contributed by atoms with Crippen molar-refractivity contribution in [2.45, 2.75) is 12.8 Å². The van der Waals surface area contributed by atoms with Crippen LogP contribution in [-0.4, -0.2) is 17.5 Å². The van der Waals surface area contributed by atoms with E-state index in [0.29, 0.717) is 0 Å². The van der Waals surface area contributed by atoms with Crippen LogP contribution in [0.2, 0.25) is 0 Å². The van der Waals surface area contributed by atoms with E-state index in [1.807, 2.05) is 30.3 Å². The van der Waals surface area contributed by atoms with Crippen LogP contribution < -0.4 is 4.90 Å². The molecule has 0 spiro atoms. The van der Waals surface area contributed by atoms with Gasteiger partial charge in [-0.25, -0.2) is 0 Å². The molecule has 1 aromatic carbocycles. The molecule has 0 N–H and O–H groups in total. The zero-order valence-electron chi connectivity index (χ0n) is 9.97. The molecule has 0 radical (unpaired) electrons. The monoisotopic (exact) mass is 255 g/mol. The second-order valence-corrected chi connectivity index (χ2v) is 5.16. The minimum atomic E-state index is 0.730. The summed E-state index contributed by atoms with van der Waals surface area (Å²) in [5.41, 5.74) is 1.81. The van der Waals surface area contributed by atoms with E-state index in [0.717, 1.165) is 34.9 Å². The highest BCUT2D eigenvalue weighted by Gasteiger charge is 2.22. The number of nitrogens with zero attached hydrogens (tertiary/aromatic N) is 3. The first-order valence-corrected chi connectivity index (χ1v) is 6.87. The lowest BCUT2D eigenvalue weighted by Gasteiger charge is -2.14. The maximum absolute atomic E-state index is 9.40. The summed E-state index contributed by atoms with van der Waals surface area (Å²) in [6.07, 6.45) is 2.39. The standard InChI is InChI=1S/C14H13N3S/c15-10-12-13(11-6-2-1-3-7-11)18-16-14(12)17-8-4-5-9-17/h1-3,6-7H,4-5,8-9H2. The third-order valence-corrected chi connectivity index (χ3v) is 4.11. The maximum Gasteiger partial charge on any atom is 0.160 e. The molecule has 2 heterocycles. The Morgan fingerprint density at radius 2 is 1.89 bits per heavy atom. The quantitative estimate of drug-likeness (QED) is 0.826. The van der Waals surface area contributed by atoms with E-state index in [1.165, 1.54) is 24.4 Å². The maximum atomic E-state index is 9.40. The zero-order chi connectivity index (χ0) is 12.4. The van der Waals surface area contributed by atoms with Gasteiger partial charge in [0.1, 0.15) is 11.6 Å². The molecule has 0 bridgehead atoms. The highest BCUT2D eigenvalue weighted by Crippen LogP contribution is 2.35. The second kappa shape index (κ2) is 4.79. The summed E-state index contributed by atoms with van der Waals surface area (Å²) in [6.45, 7) is 2.04. The number of nitriles is 1. The van der Waals surface area contributed by atoms with Crippen molar-refractivity contribution in [1.82, 2.24) is 4.37 Å². The molecular formula is C14H13N3S. The van der Waals surface area contributed by atoms with Crippen molar-refractivity contribution >= 4 is 17.4 Å². The predicted octanol–water partition coefficient (Wildman–Crippen LogP) is 3.28. The van der Waals surface area contributed by atoms with Crippen LogP contribution in [0.3, 0.4) is 0 Å². The van der Waals surface area contributed by atoms with Crippen LogP contribution in [0.15, 0.2) is 30.3 Å². The summed E-state index contributed by atoms with van der Waals surface area (Å²) < 4.78 is 4.49. The van der Waals surface area contributed by atoms with Gasteiger partial charge in [-0.1, -0.05) is 30.3 Å². The third kappa shape index (κ3) is 1.87. The summed E-state index contributed by atoms with van der Waals surface area (Å²) >= 11 is 1.43. The first kappa shape index (κ1) is 11.2. The largest absolute Gasteiger partial charge is 0.355 e. The van der Waals surface area contributed by atoms with Crippen molar-refractivity contribution in [3.8, 4) is 16.5 Å². The van der Waals surface area contributed by atoms with E-state index >= 15 is 0 Å². The van der Waals surface area contributed by atoms with Crippen LogP contribution in [0.5, 0.6) is 0 Å². The van der Waals surface area contributed by atoms with Crippen LogP contribution >= 0.6 is 11.5 Å². The van der Waals surface area contributed by atoms with Gasteiger partial charge in [-0.05, 0) is 29.9 Å². The van der Waals surface area contributed by atoms with Crippen molar-refractivity contribution in [1.29, 1.82) is 5.26 Å². The molecule has 4 heteroatoms. The average Bonchev–Trinajstić information content (AvgIpc) is 3.08. The molecule has 0 atom stereocenters. The molecule has 1 aliphatic rings. The first-order valence-electron chi connectivity index (χ1n) is 6.10. The molecular weight excluding hydrogens is 242 g/mol. The topological polar surface area (TPSA) is 39.9 Å². The van der Waals surface area contributed by atoms with Gasteiger partial charge >= 0.3 is 0 Å². The van der Waals surface area contributed by atoms with Gasteiger partial charge in [-0.3, -0.25) is 0 Å². The normalized spacial score (nSPS) is 14.7. The fourth-order valence-electron chi connectivity index (χ4n) is 2.31. The molecule has 1 fully saturated rings. The van der Waals surface area contributed by atoms with Gasteiger partial charge in [0.05, 0.1) is 4.88 Å². The van der Waals surface area contributed by atoms with E-state index in [9.17, 15) is 5.26 Å². The summed E-state index contributed by atoms with van der Waals surface area (Å²) in [5, 5.41) is 9.40. The lowest BCUT2D eigenvalue weighted by atomic mass is 10.1. The van der Waals surface area contributed by atoms with Gasteiger partial charge < -0.3 is 4.90 Å². The lowest BCUT2D eigenvalue weighted by Crippen LogP contribution is -2.18. The van der Waals surface area contributed by atoms with Crippen molar-refractivity contribution < 1.29 is 0 Å². The van der Waals surface area contributed by atoms with Gasteiger partial charge in [0.25, 0.3) is 0 Å². The van der Waals surface area contributed by atoms with E-state index < -0.39 is 0 Å². The van der Waals surface area contributed by atoms with Gasteiger partial charge in [0.2, 0.25) is 0 Å². The second-order valence-electron chi connectivity index (χ2n) is 4.38. The van der Waals surface area contributed by atoms with E-state index in [1.54, 1.807) is 0 Å². The summed E-state index contributed by atoms with van der Waals surface area (Å²) in [5.74, 6) is 0.874. The van der Waals surface area contributed by atoms with E-state index in [-0.39, 0.29) is 0 Å². The molecule has 0 unspecified atom stereocenters. The van der Waals surface area contributed by atoms with Crippen molar-refractivity contribution in [2.24, 2.45) is 0 Å². The van der Waals surface area contributed by atoms with Crippen molar-refractivity contribution in [2.75, 3.05) is 18.0 Å². The number of benzene rings is 1. The van der Waals surface area contributed by atoms with Crippen LogP contribution in [0.1, 0.15) is 18.4 Å². The van der Waals surface area contributed by atoms with Gasteiger partial charge in [0.15, 0.2) is 5.82 Å². The molecule has 0 aliphatic carbocycles. The Balaban J connectivity index is 2.05. The summed E-state index contributed by atoms with van der Waals surface area (Å²) in [4.78, 5) is 3.21. The molecule has 18 heavy (non-hydrogen) atoms. The molecule has 3 rings (SSSR count). The highest BCUT2D eigenvalue weighted by atomic mass is 32.1. The third-order valence-electron chi connectivity index (χ3n) is 3.23. The van der Waals surface area contributed by atoms with E-state index in [2.05, 4.69) is 15.3 Å². The molecule has 2 aromatic rings. The molecule has 90 valence electrons. The average molecular weight is 255 g/mol. The van der Waals surface area contributed by atoms with E-state index in [4.69, 9.17) is 0 Å². The van der Waals surface area contributed by atoms with Gasteiger partial charge in [-0.15, -0.1) is 0 Å². The number of anilines is 1. The van der Waals surface area contributed by atoms with Gasteiger partial charge in [-0.2, -0.15) is 9.64 Å². The number of hydrogen-bond donors (Lipinski definition) is 0. The first-order chi connectivity index (χ1) is 8.90. The summed E-state index contributed by atoms with van der Waals surface area (Å²) in [6, 6.07) is 12.4. The SMILES string of the molecule is N#Cc1c(N2CCCC2)nsc1-c1ccccc1. The van der Waals surface area contributed by atoms with Crippen molar-refractivity contribution in [3.63, 3.8) is 0 Å². The minimum Gasteiger partial charge on any atom is -0.355 e. The fourth-order valence-corrected chi connectivity index (χ4v) is 3.17. The Hall–Kier alpha value is -1.86. The zero-order valence-corrected chi connectivity index (χ0v) is 10.8. The van der Waals surface area contributed by atoms with Crippen molar-refractivity contribution in [3.05, 3.63) is 35.9 Å².